The van der Waals surface area contributed by atoms with Gasteiger partial charge in [0.1, 0.15) is 19.0 Å². The van der Waals surface area contributed by atoms with E-state index in [1.165, 1.54) is 4.90 Å². The Morgan fingerprint density at radius 1 is 1.07 bits per heavy atom. The summed E-state index contributed by atoms with van der Waals surface area (Å²) in [5.74, 6) is -0.515. The topological polar surface area (TPSA) is 72.9 Å². The predicted octanol–water partition coefficient (Wildman–Crippen LogP) is 2.57. The third kappa shape index (κ3) is 4.38. The number of allylic oxidation sites excluding steroid dienone is 2. The van der Waals surface area contributed by atoms with E-state index in [2.05, 4.69) is 0 Å². The van der Waals surface area contributed by atoms with Gasteiger partial charge in [0, 0.05) is 6.54 Å². The van der Waals surface area contributed by atoms with Crippen molar-refractivity contribution in [3.8, 4) is 5.75 Å². The molecule has 1 aliphatic heterocycles. The first-order valence-electron chi connectivity index (χ1n) is 9.33. The van der Waals surface area contributed by atoms with Gasteiger partial charge in [-0.15, -0.1) is 0 Å². The molecule has 2 atom stereocenters. The lowest BCUT2D eigenvalue weighted by molar-refractivity contribution is -0.146. The maximum Gasteiger partial charge on any atom is 0.307 e. The highest BCUT2D eigenvalue weighted by molar-refractivity contribution is 6.05. The van der Waals surface area contributed by atoms with Crippen LogP contribution in [0.3, 0.4) is 0 Å². The summed E-state index contributed by atoms with van der Waals surface area (Å²) >= 11 is 0. The number of nitrogens with zero attached hydrogens (tertiary/aromatic N) is 1. The van der Waals surface area contributed by atoms with Crippen LogP contribution in [0.1, 0.15) is 30.4 Å². The summed E-state index contributed by atoms with van der Waals surface area (Å²) in [4.78, 5) is 37.8. The molecule has 0 spiro atoms. The summed E-state index contributed by atoms with van der Waals surface area (Å²) < 4.78 is 10.8. The van der Waals surface area contributed by atoms with Gasteiger partial charge in [-0.3, -0.25) is 19.3 Å². The highest BCUT2D eigenvalue weighted by Crippen LogP contribution is 2.35. The average Bonchev–Trinajstić information content (AvgIpc) is 2.90. The Hall–Kier alpha value is -2.63. The van der Waals surface area contributed by atoms with Gasteiger partial charge >= 0.3 is 5.97 Å². The summed E-state index contributed by atoms with van der Waals surface area (Å²) in [7, 11) is 0. The van der Waals surface area contributed by atoms with E-state index in [9.17, 15) is 14.4 Å². The second-order valence-corrected chi connectivity index (χ2v) is 7.07. The van der Waals surface area contributed by atoms with E-state index >= 15 is 0 Å². The second kappa shape index (κ2) is 8.37. The van der Waals surface area contributed by atoms with E-state index in [-0.39, 0.29) is 49.8 Å². The molecule has 0 saturated carbocycles. The molecule has 0 aromatic heterocycles. The van der Waals surface area contributed by atoms with Gasteiger partial charge in [-0.1, -0.05) is 24.3 Å². The molecule has 144 valence electrons. The number of ether oxygens (including phenoxy) is 2. The zero-order chi connectivity index (χ0) is 19.4. The number of amides is 2. The molecule has 0 bridgehead atoms. The molecule has 3 rings (SSSR count). The maximum absolute atomic E-state index is 12.3. The normalized spacial score (nSPS) is 21.3. The number of hydrogen-bond donors (Lipinski definition) is 0. The minimum atomic E-state index is -0.437. The SMILES string of the molecule is Cc1ccc(C)c(OCCOC(=O)CCN2C(=O)[C@H]3CC=CC[C@@H]3C2=O)c1. The molecule has 2 aliphatic rings. The average molecular weight is 371 g/mol. The van der Waals surface area contributed by atoms with E-state index in [0.29, 0.717) is 12.8 Å². The highest BCUT2D eigenvalue weighted by Gasteiger charge is 2.46. The summed E-state index contributed by atoms with van der Waals surface area (Å²) in [5, 5.41) is 0. The quantitative estimate of drug-likeness (QED) is 0.319. The molecular weight excluding hydrogens is 346 g/mol. The van der Waals surface area contributed by atoms with Crippen LogP contribution >= 0.6 is 0 Å². The molecule has 1 saturated heterocycles. The third-order valence-electron chi connectivity index (χ3n) is 5.09. The maximum atomic E-state index is 12.3. The van der Waals surface area contributed by atoms with Crippen molar-refractivity contribution in [1.29, 1.82) is 0 Å². The zero-order valence-corrected chi connectivity index (χ0v) is 15.8. The molecule has 1 heterocycles. The van der Waals surface area contributed by atoms with Gasteiger partial charge in [0.05, 0.1) is 18.3 Å². The lowest BCUT2D eigenvalue weighted by atomic mass is 9.85. The van der Waals surface area contributed by atoms with Crippen LogP contribution in [0.25, 0.3) is 0 Å². The van der Waals surface area contributed by atoms with Crippen LogP contribution in [0.4, 0.5) is 0 Å². The van der Waals surface area contributed by atoms with Gasteiger partial charge in [-0.2, -0.15) is 0 Å². The largest absolute Gasteiger partial charge is 0.490 e. The van der Waals surface area contributed by atoms with Crippen molar-refractivity contribution in [1.82, 2.24) is 4.90 Å². The molecule has 6 nitrogen and oxygen atoms in total. The Labute approximate surface area is 159 Å². The smallest absolute Gasteiger partial charge is 0.307 e. The van der Waals surface area contributed by atoms with Gasteiger partial charge in [0.25, 0.3) is 0 Å². The van der Waals surface area contributed by atoms with Gasteiger partial charge in [-0.05, 0) is 43.9 Å². The fourth-order valence-electron chi connectivity index (χ4n) is 3.53. The van der Waals surface area contributed by atoms with Crippen molar-refractivity contribution in [2.45, 2.75) is 33.1 Å². The Balaban J connectivity index is 1.39. The Bertz CT molecular complexity index is 744. The predicted molar refractivity (Wildman–Crippen MR) is 99.1 cm³/mol. The fourth-order valence-corrected chi connectivity index (χ4v) is 3.53. The molecular formula is C21H25NO5. The van der Waals surface area contributed by atoms with Crippen molar-refractivity contribution >= 4 is 17.8 Å². The van der Waals surface area contributed by atoms with Crippen LogP contribution in [0, 0.1) is 25.7 Å². The molecule has 1 fully saturated rings. The summed E-state index contributed by atoms with van der Waals surface area (Å²) in [6.07, 6.45) is 5.10. The van der Waals surface area contributed by atoms with Crippen LogP contribution in [0.15, 0.2) is 30.4 Å². The fraction of sp³-hybridized carbons (Fsp3) is 0.476. The number of benzene rings is 1. The van der Waals surface area contributed by atoms with E-state index < -0.39 is 5.97 Å². The summed E-state index contributed by atoms with van der Waals surface area (Å²) in [5.41, 5.74) is 2.12. The number of carbonyl (C=O) groups excluding carboxylic acids is 3. The van der Waals surface area contributed by atoms with Crippen LogP contribution in [-0.2, 0) is 19.1 Å². The summed E-state index contributed by atoms with van der Waals surface area (Å²) in [6, 6.07) is 5.93. The molecule has 0 unspecified atom stereocenters. The summed E-state index contributed by atoms with van der Waals surface area (Å²) in [6.45, 7) is 4.41. The van der Waals surface area contributed by atoms with E-state index in [0.717, 1.165) is 16.9 Å². The van der Waals surface area contributed by atoms with Gasteiger partial charge in [-0.25, -0.2) is 0 Å². The van der Waals surface area contributed by atoms with E-state index in [1.807, 2.05) is 44.2 Å². The lowest BCUT2D eigenvalue weighted by Crippen LogP contribution is -2.33. The number of esters is 1. The second-order valence-electron chi connectivity index (χ2n) is 7.07. The lowest BCUT2D eigenvalue weighted by Gasteiger charge is -2.14. The van der Waals surface area contributed by atoms with Gasteiger partial charge in [0.15, 0.2) is 0 Å². The minimum absolute atomic E-state index is 0.00776. The number of hydrogen-bond acceptors (Lipinski definition) is 5. The molecule has 1 aromatic rings. The monoisotopic (exact) mass is 371 g/mol. The van der Waals surface area contributed by atoms with Crippen molar-refractivity contribution < 1.29 is 23.9 Å². The van der Waals surface area contributed by atoms with Gasteiger partial charge in [0.2, 0.25) is 11.8 Å². The van der Waals surface area contributed by atoms with E-state index in [1.54, 1.807) is 0 Å². The Morgan fingerprint density at radius 2 is 1.74 bits per heavy atom. The van der Waals surface area contributed by atoms with Gasteiger partial charge < -0.3 is 9.47 Å². The number of carbonyl (C=O) groups is 3. The molecule has 0 radical (unpaired) electrons. The number of aryl methyl sites for hydroxylation is 2. The molecule has 1 aliphatic carbocycles. The highest BCUT2D eigenvalue weighted by atomic mass is 16.6. The number of rotatable bonds is 7. The van der Waals surface area contributed by atoms with Crippen molar-refractivity contribution in [3.05, 3.63) is 41.5 Å². The van der Waals surface area contributed by atoms with E-state index in [4.69, 9.17) is 9.47 Å². The first-order chi connectivity index (χ1) is 13.0. The molecule has 27 heavy (non-hydrogen) atoms. The van der Waals surface area contributed by atoms with Crippen molar-refractivity contribution in [3.63, 3.8) is 0 Å². The van der Waals surface area contributed by atoms with Crippen molar-refractivity contribution in [2.24, 2.45) is 11.8 Å². The van der Waals surface area contributed by atoms with Crippen molar-refractivity contribution in [2.75, 3.05) is 19.8 Å². The van der Waals surface area contributed by atoms with Crippen LogP contribution in [-0.4, -0.2) is 42.4 Å². The molecule has 2 amide bonds. The Kier molecular flexibility index (Phi) is 5.94. The standard InChI is InChI=1S/C21H25NO5/c1-14-7-8-15(2)18(13-14)26-11-12-27-19(23)9-10-22-20(24)16-5-3-4-6-17(16)21(22)25/h3-4,7-8,13,16-17H,5-6,9-12H2,1-2H3/t16-,17-/m0/s1. The number of likely N-dealkylation sites (tertiary alicyclic amines) is 1. The Morgan fingerprint density at radius 3 is 2.41 bits per heavy atom. The number of fused-ring (bicyclic) bond motifs is 1. The van der Waals surface area contributed by atoms with Crippen LogP contribution < -0.4 is 4.74 Å². The van der Waals surface area contributed by atoms with Crippen LogP contribution in [0.2, 0.25) is 0 Å². The molecule has 6 heteroatoms. The molecule has 1 aromatic carbocycles. The minimum Gasteiger partial charge on any atom is -0.490 e. The first-order valence-corrected chi connectivity index (χ1v) is 9.33. The number of imide groups is 1. The zero-order valence-electron chi connectivity index (χ0n) is 15.8. The first kappa shape index (κ1) is 19.1. The third-order valence-corrected chi connectivity index (χ3v) is 5.09. The molecule has 0 N–H and O–H groups in total. The van der Waals surface area contributed by atoms with Crippen LogP contribution in [0.5, 0.6) is 5.75 Å².